The van der Waals surface area contributed by atoms with Gasteiger partial charge in [0.25, 0.3) is 0 Å². The van der Waals surface area contributed by atoms with E-state index in [1.807, 2.05) is 22.5 Å². The average molecular weight is 500 g/mol. The molecule has 1 unspecified atom stereocenters. The van der Waals surface area contributed by atoms with Crippen LogP contribution in [-0.4, -0.2) is 34.1 Å². The van der Waals surface area contributed by atoms with Crippen molar-refractivity contribution < 1.29 is 27.8 Å². The molecule has 2 aliphatic heterocycles. The quantitative estimate of drug-likeness (QED) is 0.476. The molecule has 2 aliphatic rings. The highest BCUT2D eigenvalue weighted by Crippen LogP contribution is 2.43. The summed E-state index contributed by atoms with van der Waals surface area (Å²) in [5.74, 6) is -0.474. The second kappa shape index (κ2) is 9.39. The number of hydrogen-bond acceptors (Lipinski definition) is 4. The summed E-state index contributed by atoms with van der Waals surface area (Å²) in [6.07, 6.45) is -0.681. The summed E-state index contributed by atoms with van der Waals surface area (Å²) in [6.45, 7) is 3.03. The Bertz CT molecular complexity index is 1040. The number of aryl methyl sites for hydroxylation is 1. The highest BCUT2D eigenvalue weighted by molar-refractivity contribution is 7.97. The van der Waals surface area contributed by atoms with E-state index in [4.69, 9.17) is 16.3 Å². The first-order valence-corrected chi connectivity index (χ1v) is 12.0. The number of ether oxygens (including phenoxy) is 1. The zero-order chi connectivity index (χ0) is 23.8. The molecular weight excluding hydrogens is 475 g/mol. The summed E-state index contributed by atoms with van der Waals surface area (Å²) in [6, 6.07) is 9.34. The minimum Gasteiger partial charge on any atom is -0.487 e. The Morgan fingerprint density at radius 3 is 2.61 bits per heavy atom. The fraction of sp³-hybridized carbons (Fsp3) is 0.458. The van der Waals surface area contributed by atoms with Gasteiger partial charge in [-0.05, 0) is 66.6 Å². The number of benzene rings is 2. The topological polar surface area (TPSA) is 49.8 Å². The van der Waals surface area contributed by atoms with Crippen LogP contribution in [0, 0.1) is 5.92 Å². The van der Waals surface area contributed by atoms with Crippen molar-refractivity contribution in [2.45, 2.75) is 55.7 Å². The van der Waals surface area contributed by atoms with Gasteiger partial charge >= 0.3 is 12.1 Å². The molecule has 4 rings (SSSR count). The lowest BCUT2D eigenvalue weighted by Crippen LogP contribution is -2.48. The predicted octanol–water partition coefficient (Wildman–Crippen LogP) is 6.49. The number of carboxylic acid groups (broad SMARTS) is 1. The van der Waals surface area contributed by atoms with Gasteiger partial charge in [-0.2, -0.15) is 13.2 Å². The Labute approximate surface area is 200 Å². The maximum absolute atomic E-state index is 13.1. The molecule has 0 aromatic heterocycles. The molecule has 0 saturated carbocycles. The fourth-order valence-electron chi connectivity index (χ4n) is 4.34. The predicted molar refractivity (Wildman–Crippen MR) is 122 cm³/mol. The molecule has 1 atom stereocenters. The maximum Gasteiger partial charge on any atom is 0.416 e. The molecule has 178 valence electrons. The second-order valence-electron chi connectivity index (χ2n) is 8.83. The van der Waals surface area contributed by atoms with Crippen LogP contribution in [0.2, 0.25) is 5.02 Å². The van der Waals surface area contributed by atoms with E-state index >= 15 is 0 Å². The number of nitrogens with zero attached hydrogens (tertiary/aromatic N) is 1. The van der Waals surface area contributed by atoms with Crippen LogP contribution in [-0.2, 0) is 23.8 Å². The zero-order valence-corrected chi connectivity index (χ0v) is 19.7. The molecule has 2 heterocycles. The molecule has 0 bridgehead atoms. The smallest absolute Gasteiger partial charge is 0.416 e. The molecule has 2 aromatic rings. The number of piperidine rings is 1. The third-order valence-corrected chi connectivity index (χ3v) is 7.99. The third-order valence-electron chi connectivity index (χ3n) is 6.39. The van der Waals surface area contributed by atoms with E-state index in [9.17, 15) is 23.1 Å². The van der Waals surface area contributed by atoms with Gasteiger partial charge in [-0.25, -0.2) is 4.31 Å². The molecule has 1 spiro atoms. The van der Waals surface area contributed by atoms with E-state index in [1.165, 1.54) is 18.0 Å². The largest absolute Gasteiger partial charge is 0.487 e. The summed E-state index contributed by atoms with van der Waals surface area (Å²) in [4.78, 5) is 11.6. The van der Waals surface area contributed by atoms with Gasteiger partial charge in [-0.1, -0.05) is 30.7 Å². The second-order valence-corrected chi connectivity index (χ2v) is 10.4. The van der Waals surface area contributed by atoms with Crippen LogP contribution in [0.5, 0.6) is 5.75 Å². The van der Waals surface area contributed by atoms with Crippen molar-refractivity contribution in [3.8, 4) is 5.75 Å². The van der Waals surface area contributed by atoms with Gasteiger partial charge in [-0.3, -0.25) is 4.79 Å². The molecule has 1 N–H and O–H groups in total. The van der Waals surface area contributed by atoms with Crippen LogP contribution < -0.4 is 4.74 Å². The maximum atomic E-state index is 13.1. The molecule has 33 heavy (non-hydrogen) atoms. The molecule has 4 nitrogen and oxygen atoms in total. The lowest BCUT2D eigenvalue weighted by atomic mass is 9.83. The first-order valence-electron chi connectivity index (χ1n) is 10.9. The molecule has 1 fully saturated rings. The first kappa shape index (κ1) is 24.2. The molecule has 0 aliphatic carbocycles. The average Bonchev–Trinajstić information content (AvgIpc) is 2.76. The van der Waals surface area contributed by atoms with E-state index in [-0.39, 0.29) is 5.60 Å². The third kappa shape index (κ3) is 5.61. The van der Waals surface area contributed by atoms with Crippen molar-refractivity contribution >= 4 is 29.5 Å². The van der Waals surface area contributed by atoms with E-state index in [0.717, 1.165) is 54.7 Å². The normalized spacial score (nSPS) is 19.1. The summed E-state index contributed by atoms with van der Waals surface area (Å²) in [5, 5.41) is 9.49. The Morgan fingerprint density at radius 2 is 1.94 bits per heavy atom. The van der Waals surface area contributed by atoms with Crippen molar-refractivity contribution in [3.63, 3.8) is 0 Å². The van der Waals surface area contributed by atoms with E-state index in [2.05, 4.69) is 0 Å². The SMILES string of the molecule is CC(Cc1ccc2c(c1)OC1(CC2)CCN(Sc2cc(C(F)(F)F)ccc2Cl)CC1)C(=O)O. The van der Waals surface area contributed by atoms with Gasteiger partial charge in [-0.15, -0.1) is 0 Å². The molecule has 0 radical (unpaired) electrons. The minimum absolute atomic E-state index is 0.305. The number of alkyl halides is 3. The van der Waals surface area contributed by atoms with Crippen molar-refractivity contribution in [1.82, 2.24) is 4.31 Å². The van der Waals surface area contributed by atoms with Gasteiger partial charge in [0, 0.05) is 30.8 Å². The van der Waals surface area contributed by atoms with Crippen LogP contribution in [0.4, 0.5) is 13.2 Å². The number of rotatable bonds is 5. The van der Waals surface area contributed by atoms with Crippen LogP contribution in [0.25, 0.3) is 0 Å². The number of carbonyl (C=O) groups is 1. The Morgan fingerprint density at radius 1 is 1.21 bits per heavy atom. The summed E-state index contributed by atoms with van der Waals surface area (Å²) >= 11 is 7.41. The van der Waals surface area contributed by atoms with Gasteiger partial charge in [0.1, 0.15) is 11.4 Å². The fourth-order valence-corrected chi connectivity index (χ4v) is 5.54. The molecule has 9 heteroatoms. The van der Waals surface area contributed by atoms with Gasteiger partial charge < -0.3 is 9.84 Å². The van der Waals surface area contributed by atoms with Crippen LogP contribution >= 0.6 is 23.5 Å². The van der Waals surface area contributed by atoms with Crippen molar-refractivity contribution in [2.75, 3.05) is 13.1 Å². The van der Waals surface area contributed by atoms with Gasteiger partial charge in [0.05, 0.1) is 16.5 Å². The van der Waals surface area contributed by atoms with Crippen LogP contribution in [0.15, 0.2) is 41.3 Å². The summed E-state index contributed by atoms with van der Waals surface area (Å²) in [7, 11) is 0. The number of fused-ring (bicyclic) bond motifs is 1. The van der Waals surface area contributed by atoms with Crippen molar-refractivity contribution in [3.05, 3.63) is 58.1 Å². The van der Waals surface area contributed by atoms with Gasteiger partial charge in [0.15, 0.2) is 0 Å². The molecule has 2 aromatic carbocycles. The van der Waals surface area contributed by atoms with E-state index in [0.29, 0.717) is 29.4 Å². The van der Waals surface area contributed by atoms with Gasteiger partial charge in [0.2, 0.25) is 0 Å². The number of aliphatic carboxylic acids is 1. The Balaban J connectivity index is 1.41. The van der Waals surface area contributed by atoms with Crippen molar-refractivity contribution in [1.29, 1.82) is 0 Å². The number of halogens is 4. The standard InChI is InChI=1S/C24H25ClF3NO3S/c1-15(22(30)31)12-16-2-3-17-6-7-23(32-20(17)13-16)8-10-29(11-9-23)33-21-14-18(24(26,27)28)4-5-19(21)25/h2-5,13-15H,6-12H2,1H3,(H,30,31). The summed E-state index contributed by atoms with van der Waals surface area (Å²) < 4.78 is 47.7. The van der Waals surface area contributed by atoms with Crippen LogP contribution in [0.3, 0.4) is 0 Å². The molecular formula is C24H25ClF3NO3S. The monoisotopic (exact) mass is 499 g/mol. The van der Waals surface area contributed by atoms with Crippen LogP contribution in [0.1, 0.15) is 42.9 Å². The first-order chi connectivity index (χ1) is 15.5. The number of hydrogen-bond donors (Lipinski definition) is 1. The zero-order valence-electron chi connectivity index (χ0n) is 18.1. The van der Waals surface area contributed by atoms with Crippen molar-refractivity contribution in [2.24, 2.45) is 5.92 Å². The lowest BCUT2D eigenvalue weighted by Gasteiger charge is -2.44. The van der Waals surface area contributed by atoms with E-state index < -0.39 is 23.6 Å². The highest BCUT2D eigenvalue weighted by atomic mass is 35.5. The highest BCUT2D eigenvalue weighted by Gasteiger charge is 2.40. The minimum atomic E-state index is -4.41. The van der Waals surface area contributed by atoms with E-state index in [1.54, 1.807) is 6.92 Å². The lowest BCUT2D eigenvalue weighted by molar-refractivity contribution is -0.141. The Kier molecular flexibility index (Phi) is 6.90. The summed E-state index contributed by atoms with van der Waals surface area (Å²) in [5.41, 5.74) is 1.05. The molecule has 0 amide bonds. The Hall–Kier alpha value is -1.90. The number of carboxylic acids is 1. The molecule has 1 saturated heterocycles.